The van der Waals surface area contributed by atoms with Crippen LogP contribution < -0.4 is 21.3 Å². The maximum Gasteiger partial charge on any atom is 0.210 e. The largest absolute Gasteiger partial charge is 0.494 e. The summed E-state index contributed by atoms with van der Waals surface area (Å²) in [4.78, 5) is 4.25. The number of guanidine groups is 1. The van der Waals surface area contributed by atoms with Crippen molar-refractivity contribution in [2.75, 3.05) is 18.5 Å². The van der Waals surface area contributed by atoms with Gasteiger partial charge in [0.05, 0.1) is 6.61 Å². The van der Waals surface area contributed by atoms with E-state index in [0.717, 1.165) is 24.4 Å². The summed E-state index contributed by atoms with van der Waals surface area (Å²) in [5.41, 5.74) is 3.45. The van der Waals surface area contributed by atoms with Gasteiger partial charge in [0.1, 0.15) is 5.75 Å². The lowest BCUT2D eigenvalue weighted by molar-refractivity contribution is 0.340. The molecule has 0 spiro atoms. The number of nitrogens with one attached hydrogen (secondary N) is 2. The van der Waals surface area contributed by atoms with E-state index in [-0.39, 0.29) is 0 Å². The molecule has 0 bridgehead atoms. The summed E-state index contributed by atoms with van der Waals surface area (Å²) in [7, 11) is 0. The third-order valence-electron chi connectivity index (χ3n) is 2.06. The van der Waals surface area contributed by atoms with Gasteiger partial charge < -0.3 is 10.1 Å². The molecule has 0 radical (unpaired) electrons. The van der Waals surface area contributed by atoms with Gasteiger partial charge in [-0.25, -0.2) is 5.84 Å². The summed E-state index contributed by atoms with van der Waals surface area (Å²) < 4.78 is 5.36. The summed E-state index contributed by atoms with van der Waals surface area (Å²) in [6.45, 7) is 5.43. The number of anilines is 1. The number of rotatable bonds is 5. The van der Waals surface area contributed by atoms with E-state index < -0.39 is 0 Å². The minimum Gasteiger partial charge on any atom is -0.494 e. The average molecular weight is 236 g/mol. The molecule has 0 atom stereocenters. The molecule has 0 unspecified atom stereocenters. The highest BCUT2D eigenvalue weighted by Gasteiger charge is 1.98. The molecule has 0 heterocycles. The van der Waals surface area contributed by atoms with Crippen molar-refractivity contribution in [1.29, 1.82) is 0 Å². The molecule has 0 amide bonds. The summed E-state index contributed by atoms with van der Waals surface area (Å²) in [6.07, 6.45) is 0.982. The van der Waals surface area contributed by atoms with Crippen LogP contribution in [0.15, 0.2) is 29.3 Å². The van der Waals surface area contributed by atoms with Gasteiger partial charge in [0.25, 0.3) is 0 Å². The standard InChI is InChI=1S/C12H20N4O/c1-3-9-14-12(16-13)15-10-5-7-11(8-6-10)17-4-2/h5-8H,3-4,9,13H2,1-2H3,(H2,14,15,16). The minimum atomic E-state index is 0.566. The fraction of sp³-hybridized carbons (Fsp3) is 0.417. The van der Waals surface area contributed by atoms with Gasteiger partial charge in [-0.2, -0.15) is 0 Å². The van der Waals surface area contributed by atoms with E-state index >= 15 is 0 Å². The van der Waals surface area contributed by atoms with E-state index in [0.29, 0.717) is 12.6 Å². The Balaban J connectivity index is 2.60. The van der Waals surface area contributed by atoms with E-state index in [9.17, 15) is 0 Å². The molecule has 0 aliphatic heterocycles. The average Bonchev–Trinajstić information content (AvgIpc) is 2.37. The number of ether oxygens (including phenoxy) is 1. The molecular weight excluding hydrogens is 216 g/mol. The lowest BCUT2D eigenvalue weighted by Gasteiger charge is -2.09. The van der Waals surface area contributed by atoms with Crippen LogP contribution in [-0.2, 0) is 0 Å². The van der Waals surface area contributed by atoms with Crippen LogP contribution in [0.4, 0.5) is 5.69 Å². The zero-order valence-electron chi connectivity index (χ0n) is 10.4. The number of hydrogen-bond acceptors (Lipinski definition) is 3. The summed E-state index contributed by atoms with van der Waals surface area (Å²) in [5, 5.41) is 3.09. The number of aliphatic imine (C=N–C) groups is 1. The number of hydrazine groups is 1. The third kappa shape index (κ3) is 4.74. The second-order valence-electron chi connectivity index (χ2n) is 3.46. The van der Waals surface area contributed by atoms with E-state index in [1.165, 1.54) is 0 Å². The molecule has 1 aromatic carbocycles. The Morgan fingerprint density at radius 1 is 1.29 bits per heavy atom. The van der Waals surface area contributed by atoms with E-state index in [4.69, 9.17) is 10.6 Å². The first-order valence-corrected chi connectivity index (χ1v) is 5.81. The van der Waals surface area contributed by atoms with Crippen molar-refractivity contribution in [3.8, 4) is 5.75 Å². The smallest absolute Gasteiger partial charge is 0.210 e. The maximum atomic E-state index is 5.37. The van der Waals surface area contributed by atoms with E-state index in [1.54, 1.807) is 0 Å². The van der Waals surface area contributed by atoms with Crippen LogP contribution in [0.2, 0.25) is 0 Å². The van der Waals surface area contributed by atoms with Gasteiger partial charge in [-0.1, -0.05) is 6.92 Å². The highest BCUT2D eigenvalue weighted by Crippen LogP contribution is 2.15. The highest BCUT2D eigenvalue weighted by molar-refractivity contribution is 5.93. The number of nitrogens with zero attached hydrogens (tertiary/aromatic N) is 1. The molecule has 0 fully saturated rings. The van der Waals surface area contributed by atoms with Crippen molar-refractivity contribution in [1.82, 2.24) is 5.43 Å². The van der Waals surface area contributed by atoms with Gasteiger partial charge in [0, 0.05) is 12.2 Å². The van der Waals surface area contributed by atoms with Gasteiger partial charge >= 0.3 is 0 Å². The zero-order chi connectivity index (χ0) is 12.5. The number of hydrogen-bond donors (Lipinski definition) is 3. The lowest BCUT2D eigenvalue weighted by Crippen LogP contribution is -2.36. The first kappa shape index (κ1) is 13.3. The molecule has 1 rings (SSSR count). The second kappa shape index (κ2) is 7.51. The molecule has 5 heteroatoms. The van der Waals surface area contributed by atoms with Crippen molar-refractivity contribution in [3.05, 3.63) is 24.3 Å². The Bertz CT molecular complexity index is 348. The fourth-order valence-corrected chi connectivity index (χ4v) is 1.28. The maximum absolute atomic E-state index is 5.37. The van der Waals surface area contributed by atoms with E-state index in [2.05, 4.69) is 22.7 Å². The van der Waals surface area contributed by atoms with Crippen molar-refractivity contribution < 1.29 is 4.74 Å². The van der Waals surface area contributed by atoms with Crippen molar-refractivity contribution in [3.63, 3.8) is 0 Å². The minimum absolute atomic E-state index is 0.566. The SMILES string of the molecule is CCCN=C(NN)Nc1ccc(OCC)cc1. The molecule has 5 nitrogen and oxygen atoms in total. The Labute approximate surface area is 102 Å². The fourth-order valence-electron chi connectivity index (χ4n) is 1.28. The van der Waals surface area contributed by atoms with Crippen LogP contribution in [0.1, 0.15) is 20.3 Å². The van der Waals surface area contributed by atoms with Gasteiger partial charge in [-0.15, -0.1) is 0 Å². The van der Waals surface area contributed by atoms with Gasteiger partial charge in [0.2, 0.25) is 5.96 Å². The molecule has 4 N–H and O–H groups in total. The van der Waals surface area contributed by atoms with Crippen LogP contribution in [0.25, 0.3) is 0 Å². The Morgan fingerprint density at radius 2 is 2.00 bits per heavy atom. The van der Waals surface area contributed by atoms with Crippen LogP contribution in [0.3, 0.4) is 0 Å². The lowest BCUT2D eigenvalue weighted by atomic mass is 10.3. The highest BCUT2D eigenvalue weighted by atomic mass is 16.5. The van der Waals surface area contributed by atoms with Crippen molar-refractivity contribution in [2.45, 2.75) is 20.3 Å². The quantitative estimate of drug-likeness (QED) is 0.315. The summed E-state index contributed by atoms with van der Waals surface area (Å²) in [5.74, 6) is 6.79. The van der Waals surface area contributed by atoms with Crippen LogP contribution in [0.5, 0.6) is 5.75 Å². The molecule has 0 aliphatic carbocycles. The predicted octanol–water partition coefficient (Wildman–Crippen LogP) is 1.73. The van der Waals surface area contributed by atoms with Crippen LogP contribution in [-0.4, -0.2) is 19.1 Å². The summed E-state index contributed by atoms with van der Waals surface area (Å²) >= 11 is 0. The van der Waals surface area contributed by atoms with Crippen LogP contribution in [0, 0.1) is 0 Å². The normalized spacial score (nSPS) is 11.1. The number of benzene rings is 1. The summed E-state index contributed by atoms with van der Waals surface area (Å²) in [6, 6.07) is 7.65. The van der Waals surface area contributed by atoms with Gasteiger partial charge in [-0.3, -0.25) is 10.4 Å². The molecule has 0 aliphatic rings. The van der Waals surface area contributed by atoms with Crippen molar-refractivity contribution in [2.24, 2.45) is 10.8 Å². The van der Waals surface area contributed by atoms with Gasteiger partial charge in [-0.05, 0) is 37.6 Å². The first-order chi connectivity index (χ1) is 8.30. The molecule has 0 saturated heterocycles. The monoisotopic (exact) mass is 236 g/mol. The molecule has 17 heavy (non-hydrogen) atoms. The van der Waals surface area contributed by atoms with Crippen molar-refractivity contribution >= 4 is 11.6 Å². The third-order valence-corrected chi connectivity index (χ3v) is 2.06. The zero-order valence-corrected chi connectivity index (χ0v) is 10.4. The first-order valence-electron chi connectivity index (χ1n) is 5.81. The second-order valence-corrected chi connectivity index (χ2v) is 3.46. The topological polar surface area (TPSA) is 71.7 Å². The molecule has 0 aromatic heterocycles. The number of nitrogens with two attached hydrogens (primary N) is 1. The van der Waals surface area contributed by atoms with E-state index in [1.807, 2.05) is 31.2 Å². The Kier molecular flexibility index (Phi) is 5.88. The molecular formula is C12H20N4O. The van der Waals surface area contributed by atoms with Crippen LogP contribution >= 0.6 is 0 Å². The van der Waals surface area contributed by atoms with Gasteiger partial charge in [0.15, 0.2) is 0 Å². The molecule has 94 valence electrons. The Hall–Kier alpha value is -1.75. The predicted molar refractivity (Wildman–Crippen MR) is 71.1 cm³/mol. The molecule has 0 saturated carbocycles. The molecule has 1 aromatic rings. The Morgan fingerprint density at radius 3 is 2.53 bits per heavy atom.